The summed E-state index contributed by atoms with van der Waals surface area (Å²) >= 11 is -0.436. The van der Waals surface area contributed by atoms with Gasteiger partial charge in [-0.2, -0.15) is 0 Å². The van der Waals surface area contributed by atoms with Crippen LogP contribution in [0.2, 0.25) is 4.31 Å². The molecule has 3 aromatic carbocycles. The summed E-state index contributed by atoms with van der Waals surface area (Å²) in [7, 11) is 0. The van der Waals surface area contributed by atoms with Gasteiger partial charge in [-0.1, -0.05) is 0 Å². The second-order valence-corrected chi connectivity index (χ2v) is 10.8. The molecular formula is C26H23NO4Se. The van der Waals surface area contributed by atoms with Gasteiger partial charge in [-0.05, 0) is 0 Å². The van der Waals surface area contributed by atoms with Crippen LogP contribution in [-0.4, -0.2) is 44.6 Å². The number of esters is 1. The molecule has 0 spiro atoms. The van der Waals surface area contributed by atoms with Crippen LogP contribution < -0.4 is 4.46 Å². The van der Waals surface area contributed by atoms with Crippen molar-refractivity contribution in [1.82, 2.24) is 4.90 Å². The van der Waals surface area contributed by atoms with Crippen molar-refractivity contribution in [2.75, 3.05) is 6.61 Å². The zero-order chi connectivity index (χ0) is 22.0. The summed E-state index contributed by atoms with van der Waals surface area (Å²) in [6.45, 7) is 0.584. The molecule has 0 bridgehead atoms. The van der Waals surface area contributed by atoms with Crippen molar-refractivity contribution in [3.05, 3.63) is 102 Å². The van der Waals surface area contributed by atoms with Gasteiger partial charge in [0.1, 0.15) is 0 Å². The fourth-order valence-electron chi connectivity index (χ4n) is 4.29. The Kier molecular flexibility index (Phi) is 5.83. The van der Waals surface area contributed by atoms with Crippen LogP contribution in [0.25, 0.3) is 0 Å². The van der Waals surface area contributed by atoms with E-state index in [1.54, 1.807) is 4.90 Å². The van der Waals surface area contributed by atoms with E-state index in [0.29, 0.717) is 13.0 Å². The van der Waals surface area contributed by atoms with E-state index in [9.17, 15) is 9.59 Å². The first kappa shape index (κ1) is 21.0. The number of nitrogens with zero attached hydrogens (tertiary/aromatic N) is 1. The molecule has 2 fully saturated rings. The molecule has 2 aliphatic rings. The van der Waals surface area contributed by atoms with Crippen LogP contribution >= 0.6 is 0 Å². The summed E-state index contributed by atoms with van der Waals surface area (Å²) in [5, 5.41) is 0. The fraction of sp³-hybridized carbons (Fsp3) is 0.231. The Labute approximate surface area is 193 Å². The van der Waals surface area contributed by atoms with Crippen LogP contribution in [-0.2, 0) is 25.7 Å². The molecule has 32 heavy (non-hydrogen) atoms. The minimum absolute atomic E-state index is 0.146. The van der Waals surface area contributed by atoms with Gasteiger partial charge in [-0.3, -0.25) is 0 Å². The van der Waals surface area contributed by atoms with Gasteiger partial charge in [0.25, 0.3) is 0 Å². The summed E-state index contributed by atoms with van der Waals surface area (Å²) in [4.78, 5) is 29.2. The number of amides is 1. The molecule has 5 rings (SSSR count). The van der Waals surface area contributed by atoms with Crippen LogP contribution in [0.15, 0.2) is 91.0 Å². The molecule has 6 heteroatoms. The Morgan fingerprint density at radius 1 is 0.969 bits per heavy atom. The SMILES string of the molecule is O=C(OCc1ccccc1)C1([Se]c2ccccc2)C[C@H]2OC[C@H](c3ccccc3)N2C1=O. The molecule has 1 unspecified atom stereocenters. The fourth-order valence-corrected chi connectivity index (χ4v) is 6.93. The van der Waals surface area contributed by atoms with Crippen molar-refractivity contribution < 1.29 is 19.1 Å². The summed E-state index contributed by atoms with van der Waals surface area (Å²) in [5.41, 5.74) is 1.91. The van der Waals surface area contributed by atoms with Gasteiger partial charge in [0.2, 0.25) is 0 Å². The Hall–Kier alpha value is -2.92. The third kappa shape index (κ3) is 3.86. The van der Waals surface area contributed by atoms with E-state index >= 15 is 0 Å². The third-order valence-corrected chi connectivity index (χ3v) is 8.76. The molecular weight excluding hydrogens is 469 g/mol. The first-order valence-electron chi connectivity index (χ1n) is 10.6. The van der Waals surface area contributed by atoms with Crippen molar-refractivity contribution in [1.29, 1.82) is 0 Å². The van der Waals surface area contributed by atoms with Crippen molar-refractivity contribution in [2.24, 2.45) is 0 Å². The van der Waals surface area contributed by atoms with Crippen molar-refractivity contribution in [2.45, 2.75) is 29.6 Å². The predicted molar refractivity (Wildman–Crippen MR) is 121 cm³/mol. The minimum atomic E-state index is -1.23. The Morgan fingerprint density at radius 3 is 2.28 bits per heavy atom. The summed E-state index contributed by atoms with van der Waals surface area (Å²) < 4.78 is 11.5. The van der Waals surface area contributed by atoms with Crippen LogP contribution in [0.1, 0.15) is 23.6 Å². The van der Waals surface area contributed by atoms with Crippen molar-refractivity contribution in [3.8, 4) is 0 Å². The second kappa shape index (κ2) is 8.91. The predicted octanol–water partition coefficient (Wildman–Crippen LogP) is 3.25. The first-order chi connectivity index (χ1) is 15.7. The number of hydrogen-bond donors (Lipinski definition) is 0. The number of ether oxygens (including phenoxy) is 2. The van der Waals surface area contributed by atoms with Gasteiger partial charge in [-0.15, -0.1) is 0 Å². The molecule has 2 aliphatic heterocycles. The summed E-state index contributed by atoms with van der Waals surface area (Å²) in [6.07, 6.45) is -0.0971. The topological polar surface area (TPSA) is 55.8 Å². The van der Waals surface area contributed by atoms with Gasteiger partial charge in [0, 0.05) is 0 Å². The van der Waals surface area contributed by atoms with Crippen LogP contribution in [0.3, 0.4) is 0 Å². The molecule has 0 radical (unpaired) electrons. The van der Waals surface area contributed by atoms with E-state index in [1.807, 2.05) is 91.0 Å². The van der Waals surface area contributed by atoms with Crippen LogP contribution in [0.5, 0.6) is 0 Å². The van der Waals surface area contributed by atoms with E-state index in [2.05, 4.69) is 0 Å². The monoisotopic (exact) mass is 493 g/mol. The quantitative estimate of drug-likeness (QED) is 0.301. The summed E-state index contributed by atoms with van der Waals surface area (Å²) in [6, 6.07) is 29.0. The molecule has 0 aliphatic carbocycles. The number of benzene rings is 3. The van der Waals surface area contributed by atoms with Gasteiger partial charge in [-0.25, -0.2) is 0 Å². The second-order valence-electron chi connectivity index (χ2n) is 7.93. The van der Waals surface area contributed by atoms with Gasteiger partial charge in [0.15, 0.2) is 0 Å². The molecule has 3 aromatic rings. The van der Waals surface area contributed by atoms with Crippen LogP contribution in [0, 0.1) is 0 Å². The molecule has 0 aromatic heterocycles. The molecule has 0 N–H and O–H groups in total. The molecule has 162 valence electrons. The van der Waals surface area contributed by atoms with E-state index in [0.717, 1.165) is 15.6 Å². The Bertz CT molecular complexity index is 1090. The van der Waals surface area contributed by atoms with E-state index in [4.69, 9.17) is 9.47 Å². The maximum atomic E-state index is 13.9. The van der Waals surface area contributed by atoms with Gasteiger partial charge < -0.3 is 0 Å². The van der Waals surface area contributed by atoms with Gasteiger partial charge in [0.05, 0.1) is 0 Å². The molecule has 3 atom stereocenters. The number of carbonyl (C=O) groups excluding carboxylic acids is 2. The molecule has 0 saturated carbocycles. The van der Waals surface area contributed by atoms with Gasteiger partial charge >= 0.3 is 194 Å². The normalized spacial score (nSPS) is 24.4. The molecule has 5 nitrogen and oxygen atoms in total. The van der Waals surface area contributed by atoms with E-state index in [-0.39, 0.29) is 18.6 Å². The molecule has 1 amide bonds. The number of hydrogen-bond acceptors (Lipinski definition) is 4. The van der Waals surface area contributed by atoms with Crippen LogP contribution in [0.4, 0.5) is 0 Å². The third-order valence-electron chi connectivity index (χ3n) is 5.90. The van der Waals surface area contributed by atoms with E-state index < -0.39 is 31.5 Å². The zero-order valence-corrected chi connectivity index (χ0v) is 19.1. The Balaban J connectivity index is 1.45. The molecule has 2 heterocycles. The maximum absolute atomic E-state index is 13.9. The average Bonchev–Trinajstić information content (AvgIpc) is 3.38. The number of fused-ring (bicyclic) bond motifs is 1. The van der Waals surface area contributed by atoms with Crippen molar-refractivity contribution >= 4 is 31.3 Å². The number of carbonyl (C=O) groups is 2. The Morgan fingerprint density at radius 2 is 1.59 bits per heavy atom. The van der Waals surface area contributed by atoms with E-state index in [1.165, 1.54) is 0 Å². The average molecular weight is 492 g/mol. The first-order valence-corrected chi connectivity index (χ1v) is 12.3. The standard InChI is InChI=1S/C26H23NO4Se/c28-24-26(32-21-14-8-3-9-15-21,25(29)31-17-19-10-4-1-5-11-19)16-23-27(24)22(18-30-23)20-12-6-2-7-13-20/h1-15,22-23H,16-18H2/t22-,23-,26?/m1/s1. The zero-order valence-electron chi connectivity index (χ0n) is 17.4. The molecule has 2 saturated heterocycles. The van der Waals surface area contributed by atoms with Crippen molar-refractivity contribution in [3.63, 3.8) is 0 Å². The number of rotatable bonds is 6. The summed E-state index contributed by atoms with van der Waals surface area (Å²) in [5.74, 6) is -0.643.